The van der Waals surface area contributed by atoms with Crippen molar-refractivity contribution >= 4 is 23.5 Å². The molecule has 1 aromatic heterocycles. The summed E-state index contributed by atoms with van der Waals surface area (Å²) < 4.78 is 5.03. The molecule has 0 bridgehead atoms. The Hall–Kier alpha value is -4.34. The summed E-state index contributed by atoms with van der Waals surface area (Å²) in [7, 11) is 1.47. The maximum Gasteiger partial charge on any atom is 0.224 e. The molecule has 190 valence electrons. The molecule has 0 unspecified atom stereocenters. The van der Waals surface area contributed by atoms with Crippen molar-refractivity contribution in [3.63, 3.8) is 0 Å². The number of methoxy groups -OCH3 is 1. The third-order valence-electron chi connectivity index (χ3n) is 5.32. The molecule has 10 heteroatoms. The molecule has 0 aliphatic rings. The Bertz CT molecular complexity index is 1190. The zero-order valence-corrected chi connectivity index (χ0v) is 20.7. The fourth-order valence-corrected chi connectivity index (χ4v) is 3.47. The summed E-state index contributed by atoms with van der Waals surface area (Å²) in [6.07, 6.45) is 0.143. The van der Waals surface area contributed by atoms with Gasteiger partial charge in [-0.25, -0.2) is 9.97 Å². The van der Waals surface area contributed by atoms with Crippen LogP contribution in [0.25, 0.3) is 11.4 Å². The third kappa shape index (κ3) is 7.59. The number of amides is 2. The minimum atomic E-state index is -0.161. The van der Waals surface area contributed by atoms with Crippen molar-refractivity contribution in [1.29, 1.82) is 0 Å². The Labute approximate surface area is 210 Å². The zero-order chi connectivity index (χ0) is 25.9. The largest absolute Gasteiger partial charge is 0.504 e. The number of phenolic OH excluding ortho intramolecular Hbond substituents is 1. The fourth-order valence-electron chi connectivity index (χ4n) is 3.47. The van der Waals surface area contributed by atoms with E-state index in [1.54, 1.807) is 12.1 Å². The van der Waals surface area contributed by atoms with Gasteiger partial charge in [0.25, 0.3) is 0 Å². The minimum Gasteiger partial charge on any atom is -0.504 e. The van der Waals surface area contributed by atoms with Crippen LogP contribution in [0.2, 0.25) is 0 Å². The first-order chi connectivity index (χ1) is 17.4. The van der Waals surface area contributed by atoms with Gasteiger partial charge < -0.3 is 31.1 Å². The van der Waals surface area contributed by atoms with Crippen LogP contribution in [-0.2, 0) is 16.0 Å². The predicted molar refractivity (Wildman–Crippen MR) is 139 cm³/mol. The summed E-state index contributed by atoms with van der Waals surface area (Å²) in [5.74, 6) is 2.00. The Morgan fingerprint density at radius 3 is 2.14 bits per heavy atom. The van der Waals surface area contributed by atoms with Crippen molar-refractivity contribution < 1.29 is 19.4 Å². The molecule has 0 saturated heterocycles. The number of ether oxygens (including phenoxy) is 1. The van der Waals surface area contributed by atoms with Crippen LogP contribution in [0.3, 0.4) is 0 Å². The van der Waals surface area contributed by atoms with Gasteiger partial charge in [0.15, 0.2) is 17.3 Å². The van der Waals surface area contributed by atoms with Crippen molar-refractivity contribution in [2.45, 2.75) is 20.3 Å². The first-order valence-electron chi connectivity index (χ1n) is 11.7. The second kappa shape index (κ2) is 12.9. The highest BCUT2D eigenvalue weighted by atomic mass is 16.5. The van der Waals surface area contributed by atoms with Gasteiger partial charge in [-0.3, -0.25) is 9.59 Å². The molecule has 0 spiro atoms. The molecule has 0 fully saturated rings. The van der Waals surface area contributed by atoms with E-state index in [0.29, 0.717) is 55.0 Å². The number of carbonyl (C=O) groups is 2. The second-order valence-electron chi connectivity index (χ2n) is 8.10. The second-order valence-corrected chi connectivity index (χ2v) is 8.10. The molecule has 3 rings (SSSR count). The Balaban J connectivity index is 1.61. The first-order valence-corrected chi connectivity index (χ1v) is 11.7. The van der Waals surface area contributed by atoms with Crippen LogP contribution in [0.4, 0.5) is 11.6 Å². The maximum absolute atomic E-state index is 12.3. The van der Waals surface area contributed by atoms with Crippen molar-refractivity contribution in [1.82, 2.24) is 20.6 Å². The lowest BCUT2D eigenvalue weighted by Crippen LogP contribution is -2.30. The first kappa shape index (κ1) is 26.3. The summed E-state index contributed by atoms with van der Waals surface area (Å²) >= 11 is 0. The highest BCUT2D eigenvalue weighted by Gasteiger charge is 2.13. The Kier molecular flexibility index (Phi) is 9.44. The van der Waals surface area contributed by atoms with E-state index in [2.05, 4.69) is 31.2 Å². The summed E-state index contributed by atoms with van der Waals surface area (Å²) in [6.45, 7) is 5.22. The van der Waals surface area contributed by atoms with Gasteiger partial charge in [0.2, 0.25) is 11.8 Å². The lowest BCUT2D eigenvalue weighted by Gasteiger charge is -2.16. The molecule has 36 heavy (non-hydrogen) atoms. The molecule has 1 heterocycles. The number of rotatable bonds is 12. The fraction of sp³-hybridized carbons (Fsp3) is 0.308. The summed E-state index contributed by atoms with van der Waals surface area (Å²) in [5, 5.41) is 22.1. The molecule has 0 atom stereocenters. The maximum atomic E-state index is 12.3. The van der Waals surface area contributed by atoms with Gasteiger partial charge in [0.05, 0.1) is 13.5 Å². The lowest BCUT2D eigenvalue weighted by atomic mass is 10.1. The Morgan fingerprint density at radius 1 is 0.917 bits per heavy atom. The van der Waals surface area contributed by atoms with Crippen LogP contribution in [0.5, 0.6) is 11.5 Å². The van der Waals surface area contributed by atoms with E-state index in [0.717, 1.165) is 11.1 Å². The number of hydrogen-bond acceptors (Lipinski definition) is 8. The summed E-state index contributed by atoms with van der Waals surface area (Å²) in [5.41, 5.74) is 2.40. The number of aromatic hydroxyl groups is 1. The molecular formula is C26H32N6O4. The topological polar surface area (TPSA) is 138 Å². The van der Waals surface area contributed by atoms with E-state index >= 15 is 0 Å². The molecular weight excluding hydrogens is 460 g/mol. The minimum absolute atomic E-state index is 0.000544. The quantitative estimate of drug-likeness (QED) is 0.243. The van der Waals surface area contributed by atoms with Gasteiger partial charge in [-0.2, -0.15) is 0 Å². The van der Waals surface area contributed by atoms with Gasteiger partial charge in [0.1, 0.15) is 11.6 Å². The highest BCUT2D eigenvalue weighted by Crippen LogP contribution is 2.26. The Morgan fingerprint density at radius 2 is 1.56 bits per heavy atom. The van der Waals surface area contributed by atoms with Crippen molar-refractivity contribution in [3.8, 4) is 22.9 Å². The van der Waals surface area contributed by atoms with Gasteiger partial charge in [0, 0.05) is 44.2 Å². The molecule has 2 aromatic carbocycles. The van der Waals surface area contributed by atoms with Crippen molar-refractivity contribution in [2.24, 2.45) is 0 Å². The van der Waals surface area contributed by atoms with Gasteiger partial charge >= 0.3 is 0 Å². The summed E-state index contributed by atoms with van der Waals surface area (Å²) in [6, 6.07) is 14.5. The molecule has 0 radical (unpaired) electrons. The molecule has 2 amide bonds. The van der Waals surface area contributed by atoms with Gasteiger partial charge in [-0.15, -0.1) is 0 Å². The van der Waals surface area contributed by atoms with E-state index in [1.807, 2.05) is 37.3 Å². The highest BCUT2D eigenvalue weighted by molar-refractivity contribution is 5.78. The number of nitrogens with zero attached hydrogens (tertiary/aromatic N) is 2. The van der Waals surface area contributed by atoms with E-state index in [-0.39, 0.29) is 24.0 Å². The van der Waals surface area contributed by atoms with Crippen LogP contribution in [0.15, 0.2) is 48.5 Å². The van der Waals surface area contributed by atoms with E-state index in [1.165, 1.54) is 20.1 Å². The number of aromatic nitrogens is 2. The molecule has 0 aliphatic heterocycles. The number of phenols is 1. The lowest BCUT2D eigenvalue weighted by molar-refractivity contribution is -0.120. The van der Waals surface area contributed by atoms with E-state index in [9.17, 15) is 14.7 Å². The van der Waals surface area contributed by atoms with Crippen molar-refractivity contribution in [3.05, 3.63) is 59.7 Å². The number of nitrogens with one attached hydrogen (secondary N) is 4. The van der Waals surface area contributed by atoms with Crippen molar-refractivity contribution in [2.75, 3.05) is 43.9 Å². The predicted octanol–water partition coefficient (Wildman–Crippen LogP) is 2.49. The third-order valence-corrected chi connectivity index (χ3v) is 5.32. The molecule has 5 N–H and O–H groups in total. The molecule has 0 aliphatic carbocycles. The smallest absolute Gasteiger partial charge is 0.224 e. The normalized spacial score (nSPS) is 10.4. The van der Waals surface area contributed by atoms with Crippen LogP contribution in [0, 0.1) is 6.92 Å². The average Bonchev–Trinajstić information content (AvgIpc) is 2.86. The SMILES string of the molecule is COc1ccc(CC(=O)NCCNc2nc(-c3ccccc3)nc(NCCNC(C)=O)c2C)cc1O. The average molecular weight is 493 g/mol. The monoisotopic (exact) mass is 492 g/mol. The standard InChI is InChI=1S/C26H32N6O4/c1-17-24(29-13-11-27-18(2)33)31-26(20-7-5-4-6-8-20)32-25(17)30-14-12-28-23(35)16-19-9-10-22(36-3)21(34)15-19/h4-10,15,34H,11-14,16H2,1-3H3,(H,27,33)(H,28,35)(H2,29,30,31,32). The van der Waals surface area contributed by atoms with Gasteiger partial charge in [-0.1, -0.05) is 36.4 Å². The van der Waals surface area contributed by atoms with Crippen LogP contribution in [0.1, 0.15) is 18.1 Å². The molecule has 3 aromatic rings. The van der Waals surface area contributed by atoms with Crippen LogP contribution < -0.4 is 26.0 Å². The number of anilines is 2. The molecule has 10 nitrogen and oxygen atoms in total. The van der Waals surface area contributed by atoms with Crippen LogP contribution >= 0.6 is 0 Å². The van der Waals surface area contributed by atoms with E-state index < -0.39 is 0 Å². The number of benzene rings is 2. The van der Waals surface area contributed by atoms with E-state index in [4.69, 9.17) is 4.74 Å². The molecule has 0 saturated carbocycles. The van der Waals surface area contributed by atoms with Gasteiger partial charge in [-0.05, 0) is 24.6 Å². The van der Waals surface area contributed by atoms with Crippen LogP contribution in [-0.4, -0.2) is 60.2 Å². The zero-order valence-electron chi connectivity index (χ0n) is 20.7. The number of carbonyl (C=O) groups excluding carboxylic acids is 2. The number of hydrogen-bond donors (Lipinski definition) is 5. The summed E-state index contributed by atoms with van der Waals surface area (Å²) in [4.78, 5) is 32.8.